The first kappa shape index (κ1) is 10.7. The Bertz CT molecular complexity index is 402. The highest BCUT2D eigenvalue weighted by Gasteiger charge is 2.42. The van der Waals surface area contributed by atoms with E-state index in [0.29, 0.717) is 13.1 Å². The molecule has 0 aliphatic carbocycles. The lowest BCUT2D eigenvalue weighted by Crippen LogP contribution is -2.55. The summed E-state index contributed by atoms with van der Waals surface area (Å²) in [5, 5.41) is 0. The molecule has 1 aliphatic rings. The molecule has 1 aliphatic heterocycles. The second-order valence-electron chi connectivity index (χ2n) is 3.78. The third kappa shape index (κ3) is 1.91. The molecule has 1 aromatic rings. The van der Waals surface area contributed by atoms with Crippen LogP contribution in [0.1, 0.15) is 5.56 Å². The third-order valence-corrected chi connectivity index (χ3v) is 2.71. The molecular formula is C12H13NO3. The van der Waals surface area contributed by atoms with E-state index in [1.165, 1.54) is 7.11 Å². The molecule has 16 heavy (non-hydrogen) atoms. The minimum Gasteiger partial charge on any atom is -0.468 e. The number of β-lactam (4-membered cyclic amide) rings is 1. The molecule has 0 radical (unpaired) electrons. The van der Waals surface area contributed by atoms with Gasteiger partial charge >= 0.3 is 5.97 Å². The van der Waals surface area contributed by atoms with Crippen LogP contribution in [-0.4, -0.2) is 30.4 Å². The van der Waals surface area contributed by atoms with E-state index in [1.54, 1.807) is 4.90 Å². The maximum absolute atomic E-state index is 11.6. The minimum atomic E-state index is -0.589. The molecule has 1 heterocycles. The lowest BCUT2D eigenvalue weighted by atomic mass is 9.98. The number of esters is 1. The first-order valence-electron chi connectivity index (χ1n) is 5.13. The molecule has 0 saturated carbocycles. The van der Waals surface area contributed by atoms with Gasteiger partial charge in [0.15, 0.2) is 5.92 Å². The summed E-state index contributed by atoms with van der Waals surface area (Å²) in [6.07, 6.45) is 0. The molecule has 0 spiro atoms. The summed E-state index contributed by atoms with van der Waals surface area (Å²) in [4.78, 5) is 24.4. The van der Waals surface area contributed by atoms with E-state index in [9.17, 15) is 9.59 Å². The van der Waals surface area contributed by atoms with E-state index >= 15 is 0 Å². The number of carbonyl (C=O) groups excluding carboxylic acids is 2. The van der Waals surface area contributed by atoms with Gasteiger partial charge in [0.2, 0.25) is 5.91 Å². The second-order valence-corrected chi connectivity index (χ2v) is 3.78. The van der Waals surface area contributed by atoms with Gasteiger partial charge in [0.05, 0.1) is 7.11 Å². The molecule has 0 bridgehead atoms. The molecule has 4 nitrogen and oxygen atoms in total. The predicted molar refractivity (Wildman–Crippen MR) is 57.4 cm³/mol. The van der Waals surface area contributed by atoms with Crippen molar-refractivity contribution in [1.82, 2.24) is 4.90 Å². The summed E-state index contributed by atoms with van der Waals surface area (Å²) in [7, 11) is 1.30. The number of nitrogens with zero attached hydrogens (tertiary/aromatic N) is 1. The van der Waals surface area contributed by atoms with Gasteiger partial charge in [-0.1, -0.05) is 30.3 Å². The van der Waals surface area contributed by atoms with Crippen LogP contribution >= 0.6 is 0 Å². The normalized spacial score (nSPS) is 19.2. The summed E-state index contributed by atoms with van der Waals surface area (Å²) in [5.41, 5.74) is 1.07. The van der Waals surface area contributed by atoms with E-state index in [-0.39, 0.29) is 5.91 Å². The largest absolute Gasteiger partial charge is 0.468 e. The van der Waals surface area contributed by atoms with Crippen LogP contribution < -0.4 is 0 Å². The molecule has 1 aromatic carbocycles. The van der Waals surface area contributed by atoms with E-state index in [4.69, 9.17) is 0 Å². The van der Waals surface area contributed by atoms with Crippen LogP contribution in [-0.2, 0) is 20.9 Å². The number of methoxy groups -OCH3 is 1. The lowest BCUT2D eigenvalue weighted by Gasteiger charge is -2.36. The fraction of sp³-hybridized carbons (Fsp3) is 0.333. The van der Waals surface area contributed by atoms with Crippen molar-refractivity contribution in [3.05, 3.63) is 35.9 Å². The highest BCUT2D eigenvalue weighted by molar-refractivity contribution is 6.02. The maximum Gasteiger partial charge on any atom is 0.320 e. The van der Waals surface area contributed by atoms with Gasteiger partial charge < -0.3 is 9.64 Å². The van der Waals surface area contributed by atoms with Crippen molar-refractivity contribution in [3.8, 4) is 0 Å². The Morgan fingerprint density at radius 1 is 1.44 bits per heavy atom. The Labute approximate surface area is 93.8 Å². The standard InChI is InChI=1S/C12H13NO3/c1-16-12(15)10-8-13(11(10)14)7-9-5-3-2-4-6-9/h2-6,10H,7-8H2,1H3. The Morgan fingerprint density at radius 2 is 2.12 bits per heavy atom. The van der Waals surface area contributed by atoms with Crippen molar-refractivity contribution < 1.29 is 14.3 Å². The Balaban J connectivity index is 1.92. The average molecular weight is 219 g/mol. The molecule has 1 fully saturated rings. The number of hydrogen-bond acceptors (Lipinski definition) is 3. The molecule has 84 valence electrons. The van der Waals surface area contributed by atoms with Crippen molar-refractivity contribution in [2.45, 2.75) is 6.54 Å². The average Bonchev–Trinajstić information content (AvgIpc) is 2.34. The summed E-state index contributed by atoms with van der Waals surface area (Å²) >= 11 is 0. The first-order chi connectivity index (χ1) is 7.72. The molecule has 0 N–H and O–H groups in total. The van der Waals surface area contributed by atoms with Gasteiger partial charge in [0, 0.05) is 13.1 Å². The fourth-order valence-electron chi connectivity index (χ4n) is 1.76. The minimum absolute atomic E-state index is 0.143. The summed E-state index contributed by atoms with van der Waals surface area (Å²) in [6, 6.07) is 9.70. The number of carbonyl (C=O) groups is 2. The smallest absolute Gasteiger partial charge is 0.320 e. The molecule has 2 rings (SSSR count). The second kappa shape index (κ2) is 4.35. The van der Waals surface area contributed by atoms with Gasteiger partial charge in [-0.15, -0.1) is 0 Å². The van der Waals surface area contributed by atoms with E-state index in [2.05, 4.69) is 4.74 Å². The van der Waals surface area contributed by atoms with Crippen molar-refractivity contribution in [2.24, 2.45) is 5.92 Å². The summed E-state index contributed by atoms with van der Waals surface area (Å²) in [5.74, 6) is -1.17. The van der Waals surface area contributed by atoms with E-state index in [0.717, 1.165) is 5.56 Å². The summed E-state index contributed by atoms with van der Waals surface area (Å²) < 4.78 is 4.54. The highest BCUT2D eigenvalue weighted by Crippen LogP contribution is 2.21. The Kier molecular flexibility index (Phi) is 2.90. The molecule has 4 heteroatoms. The zero-order valence-electron chi connectivity index (χ0n) is 9.05. The van der Waals surface area contributed by atoms with Crippen molar-refractivity contribution in [1.29, 1.82) is 0 Å². The molecule has 1 atom stereocenters. The number of benzene rings is 1. The Morgan fingerprint density at radius 3 is 2.69 bits per heavy atom. The number of ether oxygens (including phenoxy) is 1. The molecule has 1 amide bonds. The lowest BCUT2D eigenvalue weighted by molar-refractivity contribution is -0.164. The van der Waals surface area contributed by atoms with Crippen molar-refractivity contribution in [2.75, 3.05) is 13.7 Å². The number of hydrogen-bond donors (Lipinski definition) is 0. The molecule has 1 saturated heterocycles. The van der Waals surface area contributed by atoms with Crippen LogP contribution in [0.3, 0.4) is 0 Å². The quantitative estimate of drug-likeness (QED) is 0.429. The maximum atomic E-state index is 11.6. The Hall–Kier alpha value is -1.84. The van der Waals surface area contributed by atoms with Gasteiger partial charge in [-0.25, -0.2) is 0 Å². The van der Waals surface area contributed by atoms with Crippen LogP contribution in [0.2, 0.25) is 0 Å². The van der Waals surface area contributed by atoms with Crippen LogP contribution in [0.5, 0.6) is 0 Å². The van der Waals surface area contributed by atoms with Gasteiger partial charge in [0.1, 0.15) is 0 Å². The monoisotopic (exact) mass is 219 g/mol. The molecule has 0 aromatic heterocycles. The van der Waals surface area contributed by atoms with Gasteiger partial charge in [-0.05, 0) is 5.56 Å². The predicted octanol–water partition coefficient (Wildman–Crippen LogP) is 0.818. The zero-order valence-corrected chi connectivity index (χ0v) is 9.05. The summed E-state index contributed by atoms with van der Waals surface area (Å²) in [6.45, 7) is 1.02. The first-order valence-corrected chi connectivity index (χ1v) is 5.13. The highest BCUT2D eigenvalue weighted by atomic mass is 16.5. The third-order valence-electron chi connectivity index (χ3n) is 2.71. The van der Waals surface area contributed by atoms with Crippen LogP contribution in [0.4, 0.5) is 0 Å². The number of likely N-dealkylation sites (tertiary alicyclic amines) is 1. The topological polar surface area (TPSA) is 46.6 Å². The van der Waals surface area contributed by atoms with Gasteiger partial charge in [-0.3, -0.25) is 9.59 Å². The van der Waals surface area contributed by atoms with Crippen LogP contribution in [0, 0.1) is 5.92 Å². The molecule has 1 unspecified atom stereocenters. The number of rotatable bonds is 3. The zero-order chi connectivity index (χ0) is 11.5. The number of amides is 1. The molecular weight excluding hydrogens is 206 g/mol. The van der Waals surface area contributed by atoms with E-state index in [1.807, 2.05) is 30.3 Å². The van der Waals surface area contributed by atoms with Gasteiger partial charge in [-0.2, -0.15) is 0 Å². The van der Waals surface area contributed by atoms with Crippen molar-refractivity contribution in [3.63, 3.8) is 0 Å². The van der Waals surface area contributed by atoms with Gasteiger partial charge in [0.25, 0.3) is 0 Å². The van der Waals surface area contributed by atoms with Crippen molar-refractivity contribution >= 4 is 11.9 Å². The SMILES string of the molecule is COC(=O)C1CN(Cc2ccccc2)C1=O. The fourth-order valence-corrected chi connectivity index (χ4v) is 1.76. The van der Waals surface area contributed by atoms with Crippen LogP contribution in [0.25, 0.3) is 0 Å². The van der Waals surface area contributed by atoms with E-state index < -0.39 is 11.9 Å². The van der Waals surface area contributed by atoms with Crippen LogP contribution in [0.15, 0.2) is 30.3 Å².